The molecule has 1 N–H and O–H groups in total. The number of hydrogen-bond acceptors (Lipinski definition) is 3. The fourth-order valence-electron chi connectivity index (χ4n) is 12.9. The third-order valence-electron chi connectivity index (χ3n) is 18.0. The van der Waals surface area contributed by atoms with Crippen molar-refractivity contribution in [2.45, 2.75) is 314 Å². The molecule has 1 spiro atoms. The maximum absolute atomic E-state index is 14.0. The van der Waals surface area contributed by atoms with Crippen LogP contribution in [0.15, 0.2) is 54.6 Å². The van der Waals surface area contributed by atoms with Gasteiger partial charge in [0, 0.05) is 44.4 Å². The van der Waals surface area contributed by atoms with Crippen LogP contribution in [-0.2, 0) is 16.1 Å². The molecule has 2 aromatic rings. The Hall–Kier alpha value is -2.44. The van der Waals surface area contributed by atoms with E-state index in [4.69, 9.17) is 0 Å². The van der Waals surface area contributed by atoms with Gasteiger partial charge in [-0.1, -0.05) is 293 Å². The quantitative estimate of drug-likeness (QED) is 0.272. The second-order valence-corrected chi connectivity index (χ2v) is 25.0. The van der Waals surface area contributed by atoms with Crippen molar-refractivity contribution in [3.05, 3.63) is 71.5 Å². The van der Waals surface area contributed by atoms with Gasteiger partial charge in [0.05, 0.1) is 6.04 Å². The molecule has 3 aliphatic rings. The van der Waals surface area contributed by atoms with Gasteiger partial charge >= 0.3 is 0 Å². The second kappa shape index (κ2) is 43.4. The number of carbonyl (C=O) groups excluding carboxylic acids is 2. The first kappa shape index (κ1) is 66.1. The molecule has 2 aromatic carbocycles. The normalized spacial score (nSPS) is 23.5. The summed E-state index contributed by atoms with van der Waals surface area (Å²) in [4.78, 5) is 31.9. The number of carbonyl (C=O) groups is 2. The lowest BCUT2D eigenvalue weighted by Crippen LogP contribution is -2.51. The van der Waals surface area contributed by atoms with E-state index in [9.17, 15) is 14.0 Å². The van der Waals surface area contributed by atoms with Gasteiger partial charge in [0.15, 0.2) is 0 Å². The summed E-state index contributed by atoms with van der Waals surface area (Å²) < 4.78 is 14.0. The molecule has 5 nitrogen and oxygen atoms in total. The van der Waals surface area contributed by atoms with Gasteiger partial charge in [-0.15, -0.1) is 12.4 Å². The molecular formula is C69H117ClFN3O2. The molecule has 7 heteroatoms. The van der Waals surface area contributed by atoms with Crippen LogP contribution < -0.4 is 5.32 Å². The zero-order valence-corrected chi connectivity index (χ0v) is 49.9. The van der Waals surface area contributed by atoms with E-state index in [0.717, 1.165) is 51.0 Å². The van der Waals surface area contributed by atoms with Gasteiger partial charge in [-0.25, -0.2) is 4.39 Å². The van der Waals surface area contributed by atoms with Crippen molar-refractivity contribution in [3.8, 4) is 0 Å². The Balaban J connectivity index is 0.0000125. The standard InChI is InChI=1S/C69H116FN3O2.ClH/c70-65-50-48-63(49-51-65)59-73-61-69(55-52-68(73)75)54-42-37-35-33-31-29-27-25-23-21-19-17-15-13-11-9-7-5-3-1-2-4-6-8-10-12-14-16-18-20-22-24-26-28-30-32-34-36-38-43-56-72(60-69)57-53-66(64-44-40-39-41-45-64)71-67(74)58-62-46-47-62;/h39-41,44-45,48-51,62,66H,1-38,42-43,46-47,52-61H2,(H,71,74);1H/t66-,69?;/m0./s1. The molecule has 1 aliphatic carbocycles. The first-order valence-corrected chi connectivity index (χ1v) is 33.1. The molecule has 434 valence electrons. The Kier molecular flexibility index (Phi) is 37.7. The van der Waals surface area contributed by atoms with Crippen molar-refractivity contribution in [1.82, 2.24) is 15.1 Å². The Labute approximate surface area is 474 Å². The van der Waals surface area contributed by atoms with Crippen LogP contribution in [0.3, 0.4) is 0 Å². The highest BCUT2D eigenvalue weighted by Crippen LogP contribution is 2.39. The van der Waals surface area contributed by atoms with Crippen LogP contribution in [0.4, 0.5) is 4.39 Å². The summed E-state index contributed by atoms with van der Waals surface area (Å²) in [6, 6.07) is 17.4. The SMILES string of the molecule is Cl.O=C(CC1CC1)N[C@@H](CCN1CCCCCCCCCCCCCCCCCCCCCCCCCCCCCCCCCCCCCCCCCCC2(CCC(=O)N(Cc3ccc(F)cc3)C2)C1)c1ccccc1. The highest BCUT2D eigenvalue weighted by molar-refractivity contribution is 5.85. The number of likely N-dealkylation sites (tertiary alicyclic amines) is 1. The molecular weight excluding hydrogens is 957 g/mol. The van der Waals surface area contributed by atoms with Crippen molar-refractivity contribution < 1.29 is 14.0 Å². The van der Waals surface area contributed by atoms with Gasteiger partial charge in [0.1, 0.15) is 5.82 Å². The van der Waals surface area contributed by atoms with E-state index < -0.39 is 0 Å². The minimum Gasteiger partial charge on any atom is -0.349 e. The minimum absolute atomic E-state index is 0. The average molecular weight is 1080 g/mol. The van der Waals surface area contributed by atoms with E-state index in [1.165, 1.54) is 287 Å². The molecule has 2 saturated heterocycles. The highest BCUT2D eigenvalue weighted by atomic mass is 35.5. The lowest BCUT2D eigenvalue weighted by molar-refractivity contribution is -0.139. The van der Waals surface area contributed by atoms with Gasteiger partial charge < -0.3 is 15.1 Å². The van der Waals surface area contributed by atoms with Gasteiger partial charge in [0.2, 0.25) is 11.8 Å². The number of hydrogen-bond donors (Lipinski definition) is 1. The van der Waals surface area contributed by atoms with Crippen molar-refractivity contribution in [2.75, 3.05) is 26.2 Å². The smallest absolute Gasteiger partial charge is 0.222 e. The predicted octanol–water partition coefficient (Wildman–Crippen LogP) is 20.7. The first-order chi connectivity index (χ1) is 37.0. The molecule has 5 rings (SSSR count). The van der Waals surface area contributed by atoms with Crippen molar-refractivity contribution in [3.63, 3.8) is 0 Å². The van der Waals surface area contributed by atoms with Crippen LogP contribution in [0.5, 0.6) is 0 Å². The maximum atomic E-state index is 14.0. The Bertz CT molecular complexity index is 1690. The van der Waals surface area contributed by atoms with E-state index in [0.29, 0.717) is 25.3 Å². The van der Waals surface area contributed by atoms with Crippen LogP contribution in [0.1, 0.15) is 319 Å². The third kappa shape index (κ3) is 32.0. The fourth-order valence-corrected chi connectivity index (χ4v) is 12.9. The molecule has 1 saturated carbocycles. The monoisotopic (exact) mass is 1070 g/mol. The zero-order valence-electron chi connectivity index (χ0n) is 49.1. The maximum Gasteiger partial charge on any atom is 0.222 e. The Morgan fingerprint density at radius 3 is 1.32 bits per heavy atom. The molecule has 2 aliphatic heterocycles. The van der Waals surface area contributed by atoms with Crippen LogP contribution in [0, 0.1) is 17.2 Å². The number of nitrogens with zero attached hydrogens (tertiary/aromatic N) is 2. The van der Waals surface area contributed by atoms with Gasteiger partial charge in [0.25, 0.3) is 0 Å². The summed E-state index contributed by atoms with van der Waals surface area (Å²) in [7, 11) is 0. The number of amides is 2. The molecule has 0 radical (unpaired) electrons. The molecule has 2 amide bonds. The second-order valence-electron chi connectivity index (χ2n) is 25.0. The van der Waals surface area contributed by atoms with Gasteiger partial charge in [-0.05, 0) is 74.2 Å². The largest absolute Gasteiger partial charge is 0.349 e. The lowest BCUT2D eigenvalue weighted by Gasteiger charge is -2.46. The van der Waals surface area contributed by atoms with Crippen LogP contribution in [0.25, 0.3) is 0 Å². The number of benzene rings is 2. The van der Waals surface area contributed by atoms with Crippen LogP contribution in [-0.4, -0.2) is 47.8 Å². The van der Waals surface area contributed by atoms with E-state index in [2.05, 4.69) is 45.4 Å². The molecule has 76 heavy (non-hydrogen) atoms. The number of nitrogens with one attached hydrogen (secondary N) is 1. The molecule has 3 fully saturated rings. The van der Waals surface area contributed by atoms with E-state index in [1.807, 2.05) is 12.1 Å². The summed E-state index contributed by atoms with van der Waals surface area (Å²) >= 11 is 0. The Morgan fingerprint density at radius 2 is 0.908 bits per heavy atom. The molecule has 2 atom stereocenters. The number of piperidine rings is 1. The average Bonchev–Trinajstić information content (AvgIpc) is 4.24. The van der Waals surface area contributed by atoms with Gasteiger partial charge in [-0.2, -0.15) is 0 Å². The topological polar surface area (TPSA) is 52.7 Å². The summed E-state index contributed by atoms with van der Waals surface area (Å²) in [5, 5.41) is 3.49. The van der Waals surface area contributed by atoms with Gasteiger partial charge in [-0.3, -0.25) is 9.59 Å². The molecule has 0 bridgehead atoms. The first-order valence-electron chi connectivity index (χ1n) is 33.1. The third-order valence-corrected chi connectivity index (χ3v) is 18.0. The molecule has 2 heterocycles. The summed E-state index contributed by atoms with van der Waals surface area (Å²) in [6.07, 6.45) is 62.7. The summed E-state index contributed by atoms with van der Waals surface area (Å²) in [5.41, 5.74) is 2.21. The van der Waals surface area contributed by atoms with Crippen LogP contribution in [0.2, 0.25) is 0 Å². The number of rotatable bonds is 9. The minimum atomic E-state index is -0.230. The van der Waals surface area contributed by atoms with E-state index in [1.54, 1.807) is 0 Å². The lowest BCUT2D eigenvalue weighted by atomic mass is 9.74. The van der Waals surface area contributed by atoms with Crippen molar-refractivity contribution >= 4 is 24.2 Å². The Morgan fingerprint density at radius 1 is 0.513 bits per heavy atom. The summed E-state index contributed by atoms with van der Waals surface area (Å²) in [5.74, 6) is 0.759. The summed E-state index contributed by atoms with van der Waals surface area (Å²) in [6.45, 7) is 4.28. The zero-order chi connectivity index (χ0) is 52.5. The van der Waals surface area contributed by atoms with Crippen molar-refractivity contribution in [2.24, 2.45) is 11.3 Å². The molecule has 1 unspecified atom stereocenters. The van der Waals surface area contributed by atoms with Crippen molar-refractivity contribution in [1.29, 1.82) is 0 Å². The predicted molar refractivity (Wildman–Crippen MR) is 326 cm³/mol. The number of halogens is 2. The molecule has 0 aromatic heterocycles. The fraction of sp³-hybridized carbons (Fsp3) is 0.797. The van der Waals surface area contributed by atoms with E-state index >= 15 is 0 Å². The van der Waals surface area contributed by atoms with Crippen LogP contribution >= 0.6 is 12.4 Å². The highest BCUT2D eigenvalue weighted by Gasteiger charge is 2.40. The van der Waals surface area contributed by atoms with E-state index in [-0.39, 0.29) is 41.5 Å².